The Morgan fingerprint density at radius 3 is 2.36 bits per heavy atom. The maximum absolute atomic E-state index is 12.8. The van der Waals surface area contributed by atoms with Crippen LogP contribution < -0.4 is 10.3 Å². The summed E-state index contributed by atoms with van der Waals surface area (Å²) in [7, 11) is -4.48. The topological polar surface area (TPSA) is 86.9 Å². The summed E-state index contributed by atoms with van der Waals surface area (Å²) in [5.74, 6) is 0. The number of hydrazine groups is 1. The average Bonchev–Trinajstić information content (AvgIpc) is 2.81. The Bertz CT molecular complexity index is 772. The third-order valence-electron chi connectivity index (χ3n) is 2.60. The molecule has 0 unspecified atom stereocenters. The summed E-state index contributed by atoms with van der Waals surface area (Å²) in [6.45, 7) is 1.18. The van der Waals surface area contributed by atoms with Crippen molar-refractivity contribution in [2.45, 2.75) is 18.0 Å². The maximum Gasteiger partial charge on any atom is 0.436 e. The summed E-state index contributed by atoms with van der Waals surface area (Å²) in [6.07, 6.45) is -4.89. The number of halogens is 4. The Hall–Kier alpha value is -1.78. The van der Waals surface area contributed by atoms with E-state index in [0.29, 0.717) is 10.7 Å². The van der Waals surface area contributed by atoms with Crippen LogP contribution in [0.25, 0.3) is 0 Å². The van der Waals surface area contributed by atoms with Crippen LogP contribution >= 0.6 is 11.6 Å². The van der Waals surface area contributed by atoms with Gasteiger partial charge in [0.2, 0.25) is 0 Å². The fourth-order valence-electron chi connectivity index (χ4n) is 1.65. The second-order valence-corrected chi connectivity index (χ2v) is 6.32. The lowest BCUT2D eigenvalue weighted by Gasteiger charge is -2.11. The minimum atomic E-state index is -4.89. The molecule has 1 aromatic heterocycles. The van der Waals surface area contributed by atoms with Crippen molar-refractivity contribution >= 4 is 27.3 Å². The Morgan fingerprint density at radius 2 is 1.82 bits per heavy atom. The molecule has 0 amide bonds. The van der Waals surface area contributed by atoms with Crippen LogP contribution in [-0.2, 0) is 16.2 Å². The van der Waals surface area contributed by atoms with E-state index in [4.69, 9.17) is 11.6 Å². The van der Waals surface area contributed by atoms with Gasteiger partial charge in [-0.3, -0.25) is 5.10 Å². The molecule has 2 rings (SSSR count). The van der Waals surface area contributed by atoms with Gasteiger partial charge in [0, 0.05) is 10.7 Å². The minimum absolute atomic E-state index is 0.224. The molecular formula is C11H10ClF3N4O2S. The van der Waals surface area contributed by atoms with E-state index >= 15 is 0 Å². The van der Waals surface area contributed by atoms with Crippen molar-refractivity contribution in [2.75, 3.05) is 5.43 Å². The van der Waals surface area contributed by atoms with E-state index < -0.39 is 26.8 Å². The summed E-state index contributed by atoms with van der Waals surface area (Å²) in [5, 5.41) is 5.46. The first-order valence-electron chi connectivity index (χ1n) is 5.77. The molecule has 22 heavy (non-hydrogen) atoms. The molecule has 0 aliphatic rings. The van der Waals surface area contributed by atoms with Crippen LogP contribution in [0.4, 0.5) is 18.9 Å². The fraction of sp³-hybridized carbons (Fsp3) is 0.182. The molecule has 1 heterocycles. The third kappa shape index (κ3) is 3.51. The van der Waals surface area contributed by atoms with Gasteiger partial charge >= 0.3 is 6.18 Å². The molecule has 0 saturated heterocycles. The Kier molecular flexibility index (Phi) is 4.36. The van der Waals surface area contributed by atoms with Gasteiger partial charge in [0.1, 0.15) is 4.90 Å². The highest BCUT2D eigenvalue weighted by Gasteiger charge is 2.41. The molecular weight excluding hydrogens is 345 g/mol. The molecule has 0 fully saturated rings. The van der Waals surface area contributed by atoms with E-state index in [0.717, 1.165) is 0 Å². The summed E-state index contributed by atoms with van der Waals surface area (Å²) in [6, 6.07) is 5.89. The van der Waals surface area contributed by atoms with Crippen LogP contribution in [0.1, 0.15) is 11.4 Å². The smallest absolute Gasteiger partial charge is 0.308 e. The SMILES string of the molecule is Cc1[nH]nc(C(F)(F)F)c1S(=O)(=O)NNc1ccc(Cl)cc1. The Balaban J connectivity index is 2.28. The molecule has 1 aromatic carbocycles. The van der Waals surface area contributed by atoms with Crippen LogP contribution in [0, 0.1) is 6.92 Å². The molecule has 0 radical (unpaired) electrons. The number of hydrogen-bond acceptors (Lipinski definition) is 4. The number of hydrogen-bond donors (Lipinski definition) is 3. The maximum atomic E-state index is 12.8. The normalized spacial score (nSPS) is 12.4. The first-order valence-corrected chi connectivity index (χ1v) is 7.63. The van der Waals surface area contributed by atoms with Gasteiger partial charge in [-0.2, -0.15) is 18.3 Å². The molecule has 0 spiro atoms. The molecule has 0 saturated carbocycles. The third-order valence-corrected chi connectivity index (χ3v) is 4.26. The van der Waals surface area contributed by atoms with Gasteiger partial charge in [0.05, 0.1) is 5.69 Å². The minimum Gasteiger partial charge on any atom is -0.308 e. The number of aromatic nitrogens is 2. The van der Waals surface area contributed by atoms with E-state index in [2.05, 4.69) is 10.5 Å². The number of H-pyrrole nitrogens is 1. The first-order chi connectivity index (χ1) is 10.1. The zero-order valence-electron chi connectivity index (χ0n) is 11.0. The van der Waals surface area contributed by atoms with Crippen molar-refractivity contribution in [3.63, 3.8) is 0 Å². The van der Waals surface area contributed by atoms with Gasteiger partial charge in [-0.05, 0) is 31.2 Å². The number of alkyl halides is 3. The number of anilines is 1. The number of aryl methyl sites for hydroxylation is 1. The highest BCUT2D eigenvalue weighted by molar-refractivity contribution is 7.89. The highest BCUT2D eigenvalue weighted by Crippen LogP contribution is 2.33. The second-order valence-electron chi connectivity index (χ2n) is 4.26. The first kappa shape index (κ1) is 16.6. The van der Waals surface area contributed by atoms with Gasteiger partial charge in [0.25, 0.3) is 10.0 Å². The van der Waals surface area contributed by atoms with Crippen molar-refractivity contribution in [3.8, 4) is 0 Å². The second kappa shape index (κ2) is 5.78. The van der Waals surface area contributed by atoms with Crippen LogP contribution in [0.5, 0.6) is 0 Å². The Labute approximate surface area is 128 Å². The summed E-state index contributed by atoms with van der Waals surface area (Å²) < 4.78 is 62.5. The molecule has 0 atom stereocenters. The van der Waals surface area contributed by atoms with Gasteiger partial charge in [-0.1, -0.05) is 11.6 Å². The molecule has 6 nitrogen and oxygen atoms in total. The largest absolute Gasteiger partial charge is 0.436 e. The highest BCUT2D eigenvalue weighted by atomic mass is 35.5. The number of benzene rings is 1. The van der Waals surface area contributed by atoms with Gasteiger partial charge in [0.15, 0.2) is 5.69 Å². The molecule has 3 N–H and O–H groups in total. The quantitative estimate of drug-likeness (QED) is 0.737. The number of nitrogens with one attached hydrogen (secondary N) is 3. The molecule has 0 bridgehead atoms. The predicted molar refractivity (Wildman–Crippen MR) is 73.7 cm³/mol. The summed E-state index contributed by atoms with van der Waals surface area (Å²) in [4.78, 5) is 0.913. The van der Waals surface area contributed by atoms with Gasteiger partial charge in [-0.15, -0.1) is 4.83 Å². The molecule has 0 aliphatic heterocycles. The van der Waals surface area contributed by atoms with Crippen molar-refractivity contribution in [1.82, 2.24) is 15.0 Å². The molecule has 0 aliphatic carbocycles. The van der Waals surface area contributed by atoms with Gasteiger partial charge < -0.3 is 5.43 Å². The standard InChI is InChI=1S/C11H10ClF3N4O2S/c1-6-9(10(18-16-6)11(13,14)15)22(20,21)19-17-8-4-2-7(12)3-5-8/h2-5,17,19H,1H3,(H,16,18). The molecule has 120 valence electrons. The fourth-order valence-corrected chi connectivity index (χ4v) is 3.00. The van der Waals surface area contributed by atoms with Crippen molar-refractivity contribution in [2.24, 2.45) is 0 Å². The summed E-state index contributed by atoms with van der Waals surface area (Å²) in [5.41, 5.74) is 0.880. The molecule has 11 heteroatoms. The van der Waals surface area contributed by atoms with Crippen molar-refractivity contribution in [1.29, 1.82) is 0 Å². The van der Waals surface area contributed by atoms with E-state index in [1.165, 1.54) is 31.2 Å². The Morgan fingerprint density at radius 1 is 1.23 bits per heavy atom. The van der Waals surface area contributed by atoms with Crippen LogP contribution in [0.15, 0.2) is 29.2 Å². The van der Waals surface area contributed by atoms with Gasteiger partial charge in [-0.25, -0.2) is 8.42 Å². The lowest BCUT2D eigenvalue weighted by Crippen LogP contribution is -2.31. The van der Waals surface area contributed by atoms with Crippen molar-refractivity contribution in [3.05, 3.63) is 40.7 Å². The number of sulfonamides is 1. The van der Waals surface area contributed by atoms with Crippen LogP contribution in [0.2, 0.25) is 5.02 Å². The zero-order chi connectivity index (χ0) is 16.5. The summed E-state index contributed by atoms with van der Waals surface area (Å²) >= 11 is 5.67. The number of rotatable bonds is 4. The monoisotopic (exact) mass is 354 g/mol. The van der Waals surface area contributed by atoms with E-state index in [1.807, 2.05) is 9.93 Å². The van der Waals surface area contributed by atoms with E-state index in [1.54, 1.807) is 0 Å². The predicted octanol–water partition coefficient (Wildman–Crippen LogP) is 2.70. The average molecular weight is 355 g/mol. The van der Waals surface area contributed by atoms with Crippen LogP contribution in [0.3, 0.4) is 0 Å². The van der Waals surface area contributed by atoms with E-state index in [-0.39, 0.29) is 5.69 Å². The molecule has 2 aromatic rings. The number of nitrogens with zero attached hydrogens (tertiary/aromatic N) is 1. The number of aromatic amines is 1. The lowest BCUT2D eigenvalue weighted by atomic mass is 10.3. The van der Waals surface area contributed by atoms with Crippen molar-refractivity contribution < 1.29 is 21.6 Å². The lowest BCUT2D eigenvalue weighted by molar-refractivity contribution is -0.143. The van der Waals surface area contributed by atoms with Crippen LogP contribution in [-0.4, -0.2) is 18.6 Å². The zero-order valence-corrected chi connectivity index (χ0v) is 12.6. The van der Waals surface area contributed by atoms with E-state index in [9.17, 15) is 21.6 Å².